The third-order valence-corrected chi connectivity index (χ3v) is 6.77. The lowest BCUT2D eigenvalue weighted by Gasteiger charge is -2.30. The number of aromatic nitrogens is 1. The zero-order valence-electron chi connectivity index (χ0n) is 21.2. The van der Waals surface area contributed by atoms with E-state index in [0.29, 0.717) is 31.6 Å². The van der Waals surface area contributed by atoms with Crippen molar-refractivity contribution in [1.82, 2.24) is 14.9 Å². The maximum atomic E-state index is 13.7. The molecule has 1 unspecified atom stereocenters. The van der Waals surface area contributed by atoms with Gasteiger partial charge in [0, 0.05) is 18.1 Å². The Morgan fingerprint density at radius 2 is 1.95 bits per heavy atom. The molecule has 1 fully saturated rings. The van der Waals surface area contributed by atoms with Crippen molar-refractivity contribution in [1.29, 1.82) is 0 Å². The van der Waals surface area contributed by atoms with E-state index in [9.17, 15) is 14.4 Å². The first-order chi connectivity index (χ1) is 18.1. The third kappa shape index (κ3) is 6.71. The second kappa shape index (κ2) is 13.0. The molecular weight excluding hydrogens is 468 g/mol. The lowest BCUT2D eigenvalue weighted by Crippen LogP contribution is -2.47. The SMILES string of the molecule is CCCC[C@H](CN(C=O)OCc1ccccc1)C(=O)N1CCCC1C(=O)Nc1nccc2ccccc12. The van der Waals surface area contributed by atoms with Crippen LogP contribution < -0.4 is 5.32 Å². The Hall–Kier alpha value is -3.78. The van der Waals surface area contributed by atoms with Crippen LogP contribution in [0.3, 0.4) is 0 Å². The van der Waals surface area contributed by atoms with E-state index in [2.05, 4.69) is 17.2 Å². The Morgan fingerprint density at radius 1 is 1.16 bits per heavy atom. The molecular formula is C29H34N4O4. The predicted molar refractivity (Wildman–Crippen MR) is 142 cm³/mol. The van der Waals surface area contributed by atoms with E-state index < -0.39 is 12.0 Å². The number of rotatable bonds is 12. The minimum absolute atomic E-state index is 0.118. The average Bonchev–Trinajstić information content (AvgIpc) is 3.43. The highest BCUT2D eigenvalue weighted by atomic mass is 16.7. The summed E-state index contributed by atoms with van der Waals surface area (Å²) in [6, 6.07) is 18.6. The molecule has 2 heterocycles. The molecule has 0 aliphatic carbocycles. The summed E-state index contributed by atoms with van der Waals surface area (Å²) in [7, 11) is 0. The van der Waals surface area contributed by atoms with Gasteiger partial charge in [0.2, 0.25) is 18.2 Å². The summed E-state index contributed by atoms with van der Waals surface area (Å²) in [4.78, 5) is 50.5. The molecule has 3 amide bonds. The molecule has 1 N–H and O–H groups in total. The molecule has 0 saturated carbocycles. The number of hydroxylamine groups is 2. The van der Waals surface area contributed by atoms with E-state index in [1.807, 2.05) is 60.7 Å². The fourth-order valence-electron chi connectivity index (χ4n) is 4.78. The van der Waals surface area contributed by atoms with Crippen LogP contribution >= 0.6 is 0 Å². The van der Waals surface area contributed by atoms with Gasteiger partial charge < -0.3 is 10.2 Å². The van der Waals surface area contributed by atoms with Gasteiger partial charge in [0.25, 0.3) is 0 Å². The van der Waals surface area contributed by atoms with E-state index in [0.717, 1.165) is 35.6 Å². The molecule has 0 radical (unpaired) electrons. The Balaban J connectivity index is 1.44. The molecule has 8 nitrogen and oxygen atoms in total. The monoisotopic (exact) mass is 502 g/mol. The standard InChI is InChI=1S/C29H34N4O4/c1-2-3-12-24(19-32(21-34)37-20-22-10-5-4-6-11-22)29(36)33-18-9-15-26(33)28(35)31-27-25-14-8-7-13-23(25)16-17-30-27/h4-8,10-11,13-14,16-17,21,24,26H,2-3,9,12,15,18-20H2,1H3,(H,30,31,35)/t24-,26?/m1/s1. The van der Waals surface area contributed by atoms with Crippen LogP contribution in [-0.2, 0) is 25.8 Å². The number of nitrogens with one attached hydrogen (secondary N) is 1. The summed E-state index contributed by atoms with van der Waals surface area (Å²) in [5.41, 5.74) is 0.934. The van der Waals surface area contributed by atoms with Crippen LogP contribution in [0.25, 0.3) is 10.8 Å². The quantitative estimate of drug-likeness (QED) is 0.290. The van der Waals surface area contributed by atoms with E-state index in [1.165, 1.54) is 5.06 Å². The maximum absolute atomic E-state index is 13.7. The van der Waals surface area contributed by atoms with E-state index in [1.54, 1.807) is 11.1 Å². The van der Waals surface area contributed by atoms with Crippen molar-refractivity contribution in [3.8, 4) is 0 Å². The van der Waals surface area contributed by atoms with Crippen molar-refractivity contribution in [3.63, 3.8) is 0 Å². The molecule has 0 spiro atoms. The molecule has 1 aromatic heterocycles. The molecule has 0 bridgehead atoms. The minimum Gasteiger partial charge on any atom is -0.330 e. The van der Waals surface area contributed by atoms with Crippen molar-refractivity contribution >= 4 is 34.8 Å². The van der Waals surface area contributed by atoms with Crippen LogP contribution in [0.1, 0.15) is 44.6 Å². The van der Waals surface area contributed by atoms with E-state index >= 15 is 0 Å². The van der Waals surface area contributed by atoms with Gasteiger partial charge >= 0.3 is 0 Å². The second-order valence-electron chi connectivity index (χ2n) is 9.36. The molecule has 4 rings (SSSR count). The van der Waals surface area contributed by atoms with Gasteiger partial charge in [-0.15, -0.1) is 0 Å². The zero-order chi connectivity index (χ0) is 26.0. The fraction of sp³-hybridized carbons (Fsp3) is 0.379. The third-order valence-electron chi connectivity index (χ3n) is 6.77. The van der Waals surface area contributed by atoms with Crippen LogP contribution in [-0.4, -0.2) is 52.3 Å². The summed E-state index contributed by atoms with van der Waals surface area (Å²) < 4.78 is 0. The summed E-state index contributed by atoms with van der Waals surface area (Å²) >= 11 is 0. The number of likely N-dealkylation sites (tertiary alicyclic amines) is 1. The number of amides is 3. The molecule has 194 valence electrons. The number of nitrogens with zero attached hydrogens (tertiary/aromatic N) is 3. The van der Waals surface area contributed by atoms with Crippen molar-refractivity contribution < 1.29 is 19.2 Å². The van der Waals surface area contributed by atoms with Crippen LogP contribution in [0.4, 0.5) is 5.82 Å². The van der Waals surface area contributed by atoms with Gasteiger partial charge in [-0.25, -0.2) is 10.0 Å². The first-order valence-corrected chi connectivity index (χ1v) is 12.9. The van der Waals surface area contributed by atoms with Crippen molar-refractivity contribution in [3.05, 3.63) is 72.4 Å². The highest BCUT2D eigenvalue weighted by Crippen LogP contribution is 2.26. The normalized spacial score (nSPS) is 15.9. The lowest BCUT2D eigenvalue weighted by molar-refractivity contribution is -0.183. The molecule has 2 aromatic carbocycles. The number of carbonyl (C=O) groups is 3. The van der Waals surface area contributed by atoms with Crippen LogP contribution in [0.5, 0.6) is 0 Å². The zero-order valence-corrected chi connectivity index (χ0v) is 21.2. The number of pyridine rings is 1. The topological polar surface area (TPSA) is 91.8 Å². The Morgan fingerprint density at radius 3 is 2.73 bits per heavy atom. The first-order valence-electron chi connectivity index (χ1n) is 12.9. The molecule has 1 aliphatic heterocycles. The highest BCUT2D eigenvalue weighted by Gasteiger charge is 2.37. The number of carbonyl (C=O) groups excluding carboxylic acids is 3. The minimum atomic E-state index is -0.577. The summed E-state index contributed by atoms with van der Waals surface area (Å²) in [6.45, 7) is 2.95. The average molecular weight is 503 g/mol. The molecule has 1 aliphatic rings. The fourth-order valence-corrected chi connectivity index (χ4v) is 4.78. The van der Waals surface area contributed by atoms with Gasteiger partial charge in [-0.1, -0.05) is 74.4 Å². The number of hydrogen-bond acceptors (Lipinski definition) is 5. The lowest BCUT2D eigenvalue weighted by atomic mass is 9.99. The van der Waals surface area contributed by atoms with Gasteiger partial charge in [-0.05, 0) is 36.3 Å². The second-order valence-corrected chi connectivity index (χ2v) is 9.36. The summed E-state index contributed by atoms with van der Waals surface area (Å²) in [5.74, 6) is -0.319. The van der Waals surface area contributed by atoms with Crippen molar-refractivity contribution in [2.24, 2.45) is 5.92 Å². The van der Waals surface area contributed by atoms with Gasteiger partial charge in [0.15, 0.2) is 0 Å². The predicted octanol–water partition coefficient (Wildman–Crippen LogP) is 4.56. The Bertz CT molecular complexity index is 1200. The van der Waals surface area contributed by atoms with Gasteiger partial charge in [-0.2, -0.15) is 0 Å². The number of hydrogen-bond donors (Lipinski definition) is 1. The smallest absolute Gasteiger partial charge is 0.248 e. The van der Waals surface area contributed by atoms with Gasteiger partial charge in [-0.3, -0.25) is 19.2 Å². The molecule has 3 aromatic rings. The van der Waals surface area contributed by atoms with Gasteiger partial charge in [0.1, 0.15) is 18.5 Å². The number of unbranched alkanes of at least 4 members (excludes halogenated alkanes) is 1. The van der Waals surface area contributed by atoms with E-state index in [4.69, 9.17) is 4.84 Å². The van der Waals surface area contributed by atoms with Crippen LogP contribution in [0, 0.1) is 5.92 Å². The Labute approximate surface area is 217 Å². The van der Waals surface area contributed by atoms with Crippen molar-refractivity contribution in [2.45, 2.75) is 51.7 Å². The molecule has 2 atom stereocenters. The molecule has 1 saturated heterocycles. The molecule has 37 heavy (non-hydrogen) atoms. The maximum Gasteiger partial charge on any atom is 0.248 e. The first kappa shape index (κ1) is 26.3. The van der Waals surface area contributed by atoms with E-state index in [-0.39, 0.29) is 25.0 Å². The number of fused-ring (bicyclic) bond motifs is 1. The highest BCUT2D eigenvalue weighted by molar-refractivity contribution is 6.03. The summed E-state index contributed by atoms with van der Waals surface area (Å²) in [6.07, 6.45) is 6.00. The Kier molecular flexibility index (Phi) is 9.21. The van der Waals surface area contributed by atoms with Crippen molar-refractivity contribution in [2.75, 3.05) is 18.4 Å². The van der Waals surface area contributed by atoms with Gasteiger partial charge in [0.05, 0.1) is 12.5 Å². The van der Waals surface area contributed by atoms with Crippen LogP contribution in [0.2, 0.25) is 0 Å². The number of anilines is 1. The largest absolute Gasteiger partial charge is 0.330 e. The van der Waals surface area contributed by atoms with Crippen LogP contribution in [0.15, 0.2) is 66.9 Å². The summed E-state index contributed by atoms with van der Waals surface area (Å²) in [5, 5.41) is 5.99. The molecule has 8 heteroatoms. The number of benzene rings is 2.